The summed E-state index contributed by atoms with van der Waals surface area (Å²) in [6, 6.07) is 7.37. The van der Waals surface area contributed by atoms with Crippen molar-refractivity contribution in [1.29, 1.82) is 0 Å². The van der Waals surface area contributed by atoms with Gasteiger partial charge in [-0.05, 0) is 55.7 Å². The van der Waals surface area contributed by atoms with Gasteiger partial charge < -0.3 is 9.84 Å². The highest BCUT2D eigenvalue weighted by Gasteiger charge is 2.60. The third-order valence-electron chi connectivity index (χ3n) is 5.60. The minimum atomic E-state index is -4.19. The molecule has 0 amide bonds. The highest BCUT2D eigenvalue weighted by molar-refractivity contribution is 7.92. The van der Waals surface area contributed by atoms with Gasteiger partial charge in [0.25, 0.3) is 0 Å². The van der Waals surface area contributed by atoms with Crippen molar-refractivity contribution in [3.8, 4) is 5.75 Å². The zero-order valence-electron chi connectivity index (χ0n) is 14.2. The number of hydrogen-bond donors (Lipinski definition) is 1. The van der Waals surface area contributed by atoms with Crippen molar-refractivity contribution < 1.29 is 27.0 Å². The van der Waals surface area contributed by atoms with Crippen molar-refractivity contribution in [3.05, 3.63) is 58.6 Å². The second-order valence-corrected chi connectivity index (χ2v) is 9.60. The van der Waals surface area contributed by atoms with Crippen LogP contribution in [-0.2, 0) is 14.6 Å². The summed E-state index contributed by atoms with van der Waals surface area (Å²) < 4.78 is 60.3. The van der Waals surface area contributed by atoms with E-state index >= 15 is 0 Å². The summed E-state index contributed by atoms with van der Waals surface area (Å²) in [6.45, 7) is -0.207. The summed E-state index contributed by atoms with van der Waals surface area (Å²) in [5.74, 6) is -2.98. The molecule has 8 heteroatoms. The second kappa shape index (κ2) is 6.43. The van der Waals surface area contributed by atoms with E-state index in [1.54, 1.807) is 0 Å². The van der Waals surface area contributed by atoms with E-state index in [4.69, 9.17) is 16.3 Å². The maximum absolute atomic E-state index is 14.9. The molecule has 2 aromatic rings. The molecule has 2 aromatic carbocycles. The standard InChI is InChI=1S/C19H17ClF2O4S/c20-11-3-5-12(6-4-11)27(24,25)19-9-1-2-16(23)13(19)10-26-18-15(22)8-7-14(21)17(18)19/h3-8,13,16,23H,1-2,9-10H2/t13-,16+,19-/m1/s1. The lowest BCUT2D eigenvalue weighted by Crippen LogP contribution is -2.55. The highest BCUT2D eigenvalue weighted by Crippen LogP contribution is 2.56. The zero-order valence-corrected chi connectivity index (χ0v) is 15.7. The molecular formula is C19H17ClF2O4S. The highest BCUT2D eigenvalue weighted by atomic mass is 35.5. The topological polar surface area (TPSA) is 63.6 Å². The van der Waals surface area contributed by atoms with E-state index in [2.05, 4.69) is 0 Å². The van der Waals surface area contributed by atoms with Gasteiger partial charge in [0, 0.05) is 10.9 Å². The van der Waals surface area contributed by atoms with Gasteiger partial charge in [-0.1, -0.05) is 11.6 Å². The van der Waals surface area contributed by atoms with Gasteiger partial charge >= 0.3 is 0 Å². The van der Waals surface area contributed by atoms with Gasteiger partial charge in [-0.3, -0.25) is 0 Å². The predicted octanol–water partition coefficient (Wildman–Crippen LogP) is 3.84. The number of ether oxygens (including phenoxy) is 1. The molecule has 3 atom stereocenters. The first-order valence-electron chi connectivity index (χ1n) is 8.58. The van der Waals surface area contributed by atoms with Crippen LogP contribution in [0.15, 0.2) is 41.3 Å². The zero-order chi connectivity index (χ0) is 19.4. The van der Waals surface area contributed by atoms with Gasteiger partial charge in [0.1, 0.15) is 10.6 Å². The average molecular weight is 415 g/mol. The van der Waals surface area contributed by atoms with E-state index in [-0.39, 0.29) is 23.5 Å². The van der Waals surface area contributed by atoms with Crippen molar-refractivity contribution in [2.24, 2.45) is 5.92 Å². The van der Waals surface area contributed by atoms with Crippen LogP contribution in [-0.4, -0.2) is 26.2 Å². The van der Waals surface area contributed by atoms with Crippen LogP contribution in [0.1, 0.15) is 24.8 Å². The van der Waals surface area contributed by atoms with Gasteiger partial charge in [0.15, 0.2) is 21.4 Å². The quantitative estimate of drug-likeness (QED) is 0.811. The lowest BCUT2D eigenvalue weighted by atomic mass is 9.71. The minimum Gasteiger partial charge on any atom is -0.490 e. The Morgan fingerprint density at radius 2 is 1.78 bits per heavy atom. The third kappa shape index (κ3) is 2.59. The number of halogens is 3. The molecule has 1 fully saturated rings. The maximum Gasteiger partial charge on any atom is 0.188 e. The molecule has 0 aromatic heterocycles. The van der Waals surface area contributed by atoms with Crippen LogP contribution in [0.2, 0.25) is 5.02 Å². The second-order valence-electron chi connectivity index (χ2n) is 6.96. The number of sulfone groups is 1. The Morgan fingerprint density at radius 1 is 1.11 bits per heavy atom. The fourth-order valence-electron chi connectivity index (χ4n) is 4.36. The van der Waals surface area contributed by atoms with E-state index in [0.717, 1.165) is 12.1 Å². The Hall–Kier alpha value is -1.70. The molecule has 1 saturated carbocycles. The van der Waals surface area contributed by atoms with Gasteiger partial charge in [-0.2, -0.15) is 0 Å². The van der Waals surface area contributed by atoms with Gasteiger partial charge in [0.2, 0.25) is 0 Å². The number of aliphatic hydroxyl groups is 1. The Labute approximate surface area is 160 Å². The van der Waals surface area contributed by atoms with Gasteiger partial charge in [-0.15, -0.1) is 0 Å². The summed E-state index contributed by atoms with van der Waals surface area (Å²) in [7, 11) is -4.19. The smallest absolute Gasteiger partial charge is 0.188 e. The predicted molar refractivity (Wildman–Crippen MR) is 95.5 cm³/mol. The molecule has 27 heavy (non-hydrogen) atoms. The molecule has 0 unspecified atom stereocenters. The van der Waals surface area contributed by atoms with Crippen LogP contribution in [0.5, 0.6) is 5.75 Å². The molecule has 4 rings (SSSR count). The van der Waals surface area contributed by atoms with Crippen LogP contribution in [0.4, 0.5) is 8.78 Å². The molecular weight excluding hydrogens is 398 g/mol. The summed E-state index contributed by atoms with van der Waals surface area (Å²) >= 11 is 5.87. The largest absolute Gasteiger partial charge is 0.490 e. The van der Waals surface area contributed by atoms with Gasteiger partial charge in [-0.25, -0.2) is 17.2 Å². The monoisotopic (exact) mass is 414 g/mol. The average Bonchev–Trinajstić information content (AvgIpc) is 2.64. The first kappa shape index (κ1) is 18.7. The summed E-state index contributed by atoms with van der Waals surface area (Å²) in [5.41, 5.74) is -0.326. The van der Waals surface area contributed by atoms with Crippen molar-refractivity contribution in [3.63, 3.8) is 0 Å². The number of hydrogen-bond acceptors (Lipinski definition) is 4. The number of rotatable bonds is 2. The van der Waals surface area contributed by atoms with Crippen molar-refractivity contribution in [2.75, 3.05) is 6.61 Å². The Balaban J connectivity index is 2.04. The number of fused-ring (bicyclic) bond motifs is 3. The SMILES string of the molecule is O=S(=O)(c1ccc(Cl)cc1)[C@]12CCC[C@H](O)[C@H]1COc1c(F)ccc(F)c12. The molecule has 144 valence electrons. The first-order chi connectivity index (χ1) is 12.8. The van der Waals surface area contributed by atoms with E-state index in [1.165, 1.54) is 24.3 Å². The Kier molecular flexibility index (Phi) is 4.44. The molecule has 4 nitrogen and oxygen atoms in total. The third-order valence-corrected chi connectivity index (χ3v) is 8.42. The normalized spacial score (nSPS) is 27.4. The van der Waals surface area contributed by atoms with E-state index in [1.807, 2.05) is 0 Å². The number of benzene rings is 2. The molecule has 0 saturated heterocycles. The van der Waals surface area contributed by atoms with Crippen LogP contribution >= 0.6 is 11.6 Å². The van der Waals surface area contributed by atoms with Crippen LogP contribution in [0.3, 0.4) is 0 Å². The van der Waals surface area contributed by atoms with E-state index in [9.17, 15) is 22.3 Å². The van der Waals surface area contributed by atoms with Crippen LogP contribution in [0.25, 0.3) is 0 Å². The summed E-state index contributed by atoms with van der Waals surface area (Å²) in [5, 5.41) is 10.9. The van der Waals surface area contributed by atoms with Crippen LogP contribution in [0, 0.1) is 17.6 Å². The summed E-state index contributed by atoms with van der Waals surface area (Å²) in [4.78, 5) is -0.0532. The Morgan fingerprint density at radius 3 is 2.48 bits per heavy atom. The number of aliphatic hydroxyl groups excluding tert-OH is 1. The molecule has 1 heterocycles. The summed E-state index contributed by atoms with van der Waals surface area (Å²) in [6.07, 6.45) is -0.203. The lowest BCUT2D eigenvalue weighted by molar-refractivity contribution is 0.000155. The van der Waals surface area contributed by atoms with Crippen LogP contribution < -0.4 is 4.74 Å². The van der Waals surface area contributed by atoms with Crippen molar-refractivity contribution in [2.45, 2.75) is 35.0 Å². The van der Waals surface area contributed by atoms with E-state index in [0.29, 0.717) is 17.9 Å². The molecule has 1 N–H and O–H groups in total. The molecule has 2 aliphatic rings. The molecule has 0 bridgehead atoms. The lowest BCUT2D eigenvalue weighted by Gasteiger charge is -2.49. The van der Waals surface area contributed by atoms with Crippen molar-refractivity contribution >= 4 is 21.4 Å². The molecule has 1 aliphatic carbocycles. The first-order valence-corrected chi connectivity index (χ1v) is 10.4. The Bertz CT molecular complexity index is 994. The maximum atomic E-state index is 14.9. The molecule has 0 radical (unpaired) electrons. The molecule has 0 spiro atoms. The van der Waals surface area contributed by atoms with Crippen molar-refractivity contribution in [1.82, 2.24) is 0 Å². The van der Waals surface area contributed by atoms with E-state index < -0.39 is 44.0 Å². The fourth-order valence-corrected chi connectivity index (χ4v) is 6.90. The fraction of sp³-hybridized carbons (Fsp3) is 0.368. The minimum absolute atomic E-state index is 0.0532. The molecule has 1 aliphatic heterocycles. The van der Waals surface area contributed by atoms with Gasteiger partial charge in [0.05, 0.1) is 23.2 Å².